The smallest absolute Gasteiger partial charge is 0.322 e. The molecule has 0 radical (unpaired) electrons. The number of aliphatic hydroxyl groups is 4. The molecular formula is C18H33N5O6. The lowest BCUT2D eigenvalue weighted by Crippen LogP contribution is -2.80. The summed E-state index contributed by atoms with van der Waals surface area (Å²) in [6.45, 7) is 1.42. The normalized spacial score (nSPS) is 38.5. The van der Waals surface area contributed by atoms with Gasteiger partial charge in [-0.2, -0.15) is 0 Å². The van der Waals surface area contributed by atoms with E-state index < -0.39 is 49.1 Å². The standard InChI is InChI=1S/C18H33N5O6/c1-8-4-9-11(5-10(8)22(2)3)23(6-12(25)15(27)13(26)7-24)16-14(19-9)17(28)21-18(29)20-16/h8-16,19,24-27H,4-7H2,1-3H3,(H2,20,21,28,29). The van der Waals surface area contributed by atoms with Gasteiger partial charge in [0, 0.05) is 24.7 Å². The highest BCUT2D eigenvalue weighted by molar-refractivity contribution is 6.00. The molecule has 0 bridgehead atoms. The molecule has 0 aromatic heterocycles. The first kappa shape index (κ1) is 22.3. The summed E-state index contributed by atoms with van der Waals surface area (Å²) in [5.41, 5.74) is 0. The van der Waals surface area contributed by atoms with Gasteiger partial charge in [0.25, 0.3) is 0 Å². The number of urea groups is 1. The molecule has 2 aliphatic heterocycles. The third kappa shape index (κ3) is 4.41. The maximum Gasteiger partial charge on any atom is 0.322 e. The zero-order valence-electron chi connectivity index (χ0n) is 17.0. The van der Waals surface area contributed by atoms with E-state index in [1.165, 1.54) is 0 Å². The zero-order chi connectivity index (χ0) is 21.5. The Morgan fingerprint density at radius 3 is 2.48 bits per heavy atom. The van der Waals surface area contributed by atoms with Crippen LogP contribution in [0.1, 0.15) is 19.8 Å². The number of amides is 3. The number of carbonyl (C=O) groups excluding carboxylic acids is 2. The number of aliphatic hydroxyl groups excluding tert-OH is 4. The highest BCUT2D eigenvalue weighted by Crippen LogP contribution is 2.35. The van der Waals surface area contributed by atoms with Gasteiger partial charge in [-0.1, -0.05) is 6.92 Å². The highest BCUT2D eigenvalue weighted by atomic mass is 16.4. The number of piperazine rings is 1. The third-order valence-corrected chi connectivity index (χ3v) is 6.56. The monoisotopic (exact) mass is 415 g/mol. The summed E-state index contributed by atoms with van der Waals surface area (Å²) in [6, 6.07) is -1.16. The van der Waals surface area contributed by atoms with E-state index in [0.717, 1.165) is 12.8 Å². The Balaban J connectivity index is 1.88. The van der Waals surface area contributed by atoms with E-state index in [0.29, 0.717) is 5.92 Å². The maximum atomic E-state index is 12.4. The van der Waals surface area contributed by atoms with Crippen LogP contribution in [-0.4, -0.2) is 118 Å². The number of nitrogens with zero attached hydrogens (tertiary/aromatic N) is 2. The van der Waals surface area contributed by atoms with Crippen molar-refractivity contribution >= 4 is 11.9 Å². The van der Waals surface area contributed by atoms with Gasteiger partial charge in [0.2, 0.25) is 5.91 Å². The Labute approximate surface area is 170 Å². The van der Waals surface area contributed by atoms with Crippen LogP contribution in [0.4, 0.5) is 4.79 Å². The number of nitrogens with one attached hydrogen (secondary N) is 3. The Kier molecular flexibility index (Phi) is 6.78. The summed E-state index contributed by atoms with van der Waals surface area (Å²) in [5.74, 6) is -0.0554. The van der Waals surface area contributed by atoms with Gasteiger partial charge < -0.3 is 30.6 Å². The molecule has 9 atom stereocenters. The molecule has 166 valence electrons. The van der Waals surface area contributed by atoms with Gasteiger partial charge in [-0.05, 0) is 32.9 Å². The fourth-order valence-electron chi connectivity index (χ4n) is 5.03. The van der Waals surface area contributed by atoms with E-state index in [2.05, 4.69) is 27.8 Å². The van der Waals surface area contributed by atoms with Gasteiger partial charge in [-0.3, -0.25) is 20.3 Å². The van der Waals surface area contributed by atoms with E-state index in [-0.39, 0.29) is 24.7 Å². The minimum Gasteiger partial charge on any atom is -0.394 e. The van der Waals surface area contributed by atoms with Crippen LogP contribution in [-0.2, 0) is 4.79 Å². The van der Waals surface area contributed by atoms with Crippen LogP contribution in [0, 0.1) is 5.92 Å². The molecule has 7 N–H and O–H groups in total. The van der Waals surface area contributed by atoms with Crippen LogP contribution in [0.25, 0.3) is 0 Å². The SMILES string of the molecule is CC1CC2NC3C(=O)NC(=O)NC3N(CC(O)C(O)C(O)CO)C2CC1N(C)C. The molecule has 1 saturated carbocycles. The molecule has 3 rings (SSSR count). The average Bonchev–Trinajstić information content (AvgIpc) is 2.66. The van der Waals surface area contributed by atoms with Crippen molar-refractivity contribution in [2.24, 2.45) is 5.92 Å². The second-order valence-corrected chi connectivity index (χ2v) is 8.71. The van der Waals surface area contributed by atoms with Crippen molar-refractivity contribution in [1.29, 1.82) is 0 Å². The molecule has 3 fully saturated rings. The summed E-state index contributed by atoms with van der Waals surface area (Å²) >= 11 is 0. The fraction of sp³-hybridized carbons (Fsp3) is 0.889. The lowest BCUT2D eigenvalue weighted by Gasteiger charge is -2.56. The van der Waals surface area contributed by atoms with Crippen molar-refractivity contribution in [3.8, 4) is 0 Å². The number of carbonyl (C=O) groups is 2. The predicted molar refractivity (Wildman–Crippen MR) is 103 cm³/mol. The fourth-order valence-corrected chi connectivity index (χ4v) is 5.03. The van der Waals surface area contributed by atoms with Gasteiger partial charge in [-0.25, -0.2) is 4.79 Å². The first-order valence-electron chi connectivity index (χ1n) is 10.1. The van der Waals surface area contributed by atoms with Gasteiger partial charge in [0.05, 0.1) is 12.7 Å². The van der Waals surface area contributed by atoms with Gasteiger partial charge in [-0.15, -0.1) is 0 Å². The lowest BCUT2D eigenvalue weighted by molar-refractivity contribution is -0.135. The Bertz CT molecular complexity index is 622. The lowest BCUT2D eigenvalue weighted by atomic mass is 9.76. The van der Waals surface area contributed by atoms with Crippen LogP contribution in [0.3, 0.4) is 0 Å². The molecule has 3 amide bonds. The van der Waals surface area contributed by atoms with Crippen molar-refractivity contribution < 1.29 is 30.0 Å². The van der Waals surface area contributed by atoms with Crippen LogP contribution in [0.2, 0.25) is 0 Å². The maximum absolute atomic E-state index is 12.4. The van der Waals surface area contributed by atoms with Crippen molar-refractivity contribution in [3.05, 3.63) is 0 Å². The topological polar surface area (TPSA) is 158 Å². The summed E-state index contributed by atoms with van der Waals surface area (Å²) in [7, 11) is 4.02. The molecule has 2 heterocycles. The molecule has 9 unspecified atom stereocenters. The van der Waals surface area contributed by atoms with E-state index in [4.69, 9.17) is 5.11 Å². The van der Waals surface area contributed by atoms with Crippen molar-refractivity contribution in [1.82, 2.24) is 25.8 Å². The number of β-amino-alcohol motifs (C(OH)–C–C–N with tert-alkyl or cyclic N) is 1. The number of imide groups is 1. The summed E-state index contributed by atoms with van der Waals surface area (Å²) in [6.07, 6.45) is -3.53. The average molecular weight is 415 g/mol. The highest BCUT2D eigenvalue weighted by Gasteiger charge is 2.52. The second kappa shape index (κ2) is 8.80. The second-order valence-electron chi connectivity index (χ2n) is 8.71. The van der Waals surface area contributed by atoms with E-state index in [9.17, 15) is 24.9 Å². The first-order valence-corrected chi connectivity index (χ1v) is 10.1. The van der Waals surface area contributed by atoms with Gasteiger partial charge >= 0.3 is 6.03 Å². The molecule has 29 heavy (non-hydrogen) atoms. The van der Waals surface area contributed by atoms with E-state index in [1.807, 2.05) is 19.0 Å². The van der Waals surface area contributed by atoms with Gasteiger partial charge in [0.15, 0.2) is 0 Å². The Morgan fingerprint density at radius 2 is 1.86 bits per heavy atom. The van der Waals surface area contributed by atoms with Crippen LogP contribution < -0.4 is 16.0 Å². The molecule has 11 nitrogen and oxygen atoms in total. The van der Waals surface area contributed by atoms with Crippen LogP contribution in [0.5, 0.6) is 0 Å². The minimum atomic E-state index is -1.55. The number of rotatable bonds is 6. The molecule has 3 aliphatic rings. The van der Waals surface area contributed by atoms with E-state index >= 15 is 0 Å². The van der Waals surface area contributed by atoms with Crippen molar-refractivity contribution in [3.63, 3.8) is 0 Å². The summed E-state index contributed by atoms with van der Waals surface area (Å²) < 4.78 is 0. The molecule has 11 heteroatoms. The number of fused-ring (bicyclic) bond motifs is 2. The zero-order valence-corrected chi connectivity index (χ0v) is 17.0. The Hall–Kier alpha value is -1.34. The molecule has 0 spiro atoms. The van der Waals surface area contributed by atoms with Crippen LogP contribution >= 0.6 is 0 Å². The molecule has 0 aromatic rings. The van der Waals surface area contributed by atoms with E-state index in [1.54, 1.807) is 0 Å². The van der Waals surface area contributed by atoms with Crippen LogP contribution in [0.15, 0.2) is 0 Å². The van der Waals surface area contributed by atoms with Crippen molar-refractivity contribution in [2.75, 3.05) is 27.2 Å². The third-order valence-electron chi connectivity index (χ3n) is 6.56. The minimum absolute atomic E-state index is 0.0321. The summed E-state index contributed by atoms with van der Waals surface area (Å²) in [4.78, 5) is 28.4. The number of hydrogen-bond acceptors (Lipinski definition) is 9. The van der Waals surface area contributed by atoms with Crippen molar-refractivity contribution in [2.45, 2.75) is 68.4 Å². The molecule has 0 aromatic carbocycles. The molecule has 1 aliphatic carbocycles. The largest absolute Gasteiger partial charge is 0.394 e. The summed E-state index contributed by atoms with van der Waals surface area (Å²) in [5, 5.41) is 47.8. The first-order chi connectivity index (χ1) is 13.6. The Morgan fingerprint density at radius 1 is 1.17 bits per heavy atom. The number of hydrogen-bond donors (Lipinski definition) is 7. The van der Waals surface area contributed by atoms with Gasteiger partial charge in [0.1, 0.15) is 24.4 Å². The quantitative estimate of drug-likeness (QED) is 0.235. The predicted octanol–water partition coefficient (Wildman–Crippen LogP) is -3.40. The molecule has 2 saturated heterocycles. The molecular weight excluding hydrogens is 382 g/mol.